The zero-order valence-corrected chi connectivity index (χ0v) is 35.8. The van der Waals surface area contributed by atoms with Crippen molar-refractivity contribution in [3.05, 3.63) is 0 Å². The summed E-state index contributed by atoms with van der Waals surface area (Å²) in [5, 5.41) is 22.8. The van der Waals surface area contributed by atoms with Crippen LogP contribution in [-0.2, 0) is 47.9 Å². The number of guanidine groups is 1. The minimum atomic E-state index is -1.22. The molecule has 3 rings (SSSR count). The molecule has 19 nitrogen and oxygen atoms in total. The van der Waals surface area contributed by atoms with Gasteiger partial charge in [0.1, 0.15) is 17.3 Å². The normalized spacial score (nSPS) is 21.4. The van der Waals surface area contributed by atoms with E-state index in [2.05, 4.69) is 10.3 Å². The van der Waals surface area contributed by atoms with Crippen molar-refractivity contribution in [3.8, 4) is 0 Å². The number of carboxylic acid groups (broad SMARTS) is 1. The number of likely N-dealkylation sites (N-methyl/N-ethyl adjacent to an activating group) is 1. The third-order valence-electron chi connectivity index (χ3n) is 12.1. The highest BCUT2D eigenvalue weighted by Gasteiger charge is 2.42. The van der Waals surface area contributed by atoms with Crippen LogP contribution in [0.4, 0.5) is 0 Å². The van der Waals surface area contributed by atoms with Crippen LogP contribution in [-0.4, -0.2) is 153 Å². The number of aliphatic hydroxyl groups is 1. The molecule has 3 amide bonds. The molecule has 7 unspecified atom stereocenters. The Balaban J connectivity index is 1.66. The second kappa shape index (κ2) is 24.5. The van der Waals surface area contributed by atoms with Crippen LogP contribution in [0.2, 0.25) is 0 Å². The highest BCUT2D eigenvalue weighted by atomic mass is 16.4. The maximum Gasteiger partial charge on any atom is 0.303 e. The van der Waals surface area contributed by atoms with E-state index in [1.165, 1.54) is 16.7 Å². The van der Waals surface area contributed by atoms with Crippen molar-refractivity contribution in [1.82, 2.24) is 20.0 Å². The van der Waals surface area contributed by atoms with Gasteiger partial charge in [0.25, 0.3) is 0 Å². The van der Waals surface area contributed by atoms with Gasteiger partial charge in [-0.3, -0.25) is 52.9 Å². The summed E-state index contributed by atoms with van der Waals surface area (Å²) < 4.78 is 0. The number of likely N-dealkylation sites (tertiary alicyclic amines) is 3. The van der Waals surface area contributed by atoms with Crippen molar-refractivity contribution in [2.24, 2.45) is 28.3 Å². The molecule has 0 spiro atoms. The Morgan fingerprint density at radius 1 is 0.721 bits per heavy atom. The van der Waals surface area contributed by atoms with Crippen LogP contribution in [0.15, 0.2) is 4.99 Å². The molecule has 0 aromatic heterocycles. The van der Waals surface area contributed by atoms with Crippen molar-refractivity contribution in [1.29, 1.82) is 0 Å². The van der Waals surface area contributed by atoms with Crippen LogP contribution in [0.1, 0.15) is 123 Å². The fraction of sp³-hybridized carbons (Fsp3) is 0.738. The summed E-state index contributed by atoms with van der Waals surface area (Å²) in [4.78, 5) is 138. The first-order valence-corrected chi connectivity index (χ1v) is 21.5. The van der Waals surface area contributed by atoms with Crippen LogP contribution in [0.3, 0.4) is 0 Å². The van der Waals surface area contributed by atoms with E-state index < -0.39 is 84.2 Å². The molecule has 3 heterocycles. The first-order chi connectivity index (χ1) is 28.8. The van der Waals surface area contributed by atoms with Crippen LogP contribution < -0.4 is 16.8 Å². The standard InChI is InChI=1S/C42H65N7O12/c1-25(45-3)34(53)13-15-39(58)48-20-6-9-32(48)37(56)22-27(7-4-18-46-42(43)44)35(54)12-11-29(51)21-28(10-17-40(59)60)41(61)49-24-30(52)23-33(49)36(55)14-16-38(57)47-19-5-8-31(47)26(2)50/h25,27-28,30-33,45,52H,4-24H2,1-3H3,(H,59,60)(H4,43,44,46). The van der Waals surface area contributed by atoms with Gasteiger partial charge in [-0.15, -0.1) is 0 Å². The van der Waals surface area contributed by atoms with Crippen molar-refractivity contribution < 1.29 is 58.2 Å². The van der Waals surface area contributed by atoms with Gasteiger partial charge >= 0.3 is 5.97 Å². The molecule has 0 bridgehead atoms. The number of nitrogens with one attached hydrogen (secondary N) is 1. The number of nitrogens with two attached hydrogens (primary N) is 2. The largest absolute Gasteiger partial charge is 0.481 e. The average molecular weight is 860 g/mol. The third-order valence-corrected chi connectivity index (χ3v) is 12.1. The van der Waals surface area contributed by atoms with Gasteiger partial charge in [0, 0.05) is 102 Å². The van der Waals surface area contributed by atoms with Crippen LogP contribution >= 0.6 is 0 Å². The lowest BCUT2D eigenvalue weighted by molar-refractivity contribution is -0.144. The van der Waals surface area contributed by atoms with Gasteiger partial charge in [-0.25, -0.2) is 0 Å². The Hall–Kier alpha value is -4.91. The van der Waals surface area contributed by atoms with Gasteiger partial charge in [-0.2, -0.15) is 0 Å². The molecule has 340 valence electrons. The second-order valence-electron chi connectivity index (χ2n) is 16.6. The van der Waals surface area contributed by atoms with E-state index in [1.54, 1.807) is 14.0 Å². The zero-order valence-electron chi connectivity index (χ0n) is 35.8. The monoisotopic (exact) mass is 859 g/mol. The van der Waals surface area contributed by atoms with Crippen LogP contribution in [0.5, 0.6) is 0 Å². The number of rotatable bonds is 27. The van der Waals surface area contributed by atoms with Crippen molar-refractivity contribution in [2.75, 3.05) is 33.2 Å². The summed E-state index contributed by atoms with van der Waals surface area (Å²) in [6, 6.07) is -2.82. The Kier molecular flexibility index (Phi) is 20.3. The van der Waals surface area contributed by atoms with Gasteiger partial charge in [-0.05, 0) is 65.8 Å². The number of aliphatic hydroxyl groups excluding tert-OH is 1. The maximum absolute atomic E-state index is 13.9. The average Bonchev–Trinajstić information content (AvgIpc) is 4.00. The molecule has 0 aliphatic carbocycles. The van der Waals surface area contributed by atoms with Gasteiger partial charge in [0.15, 0.2) is 23.3 Å². The molecule has 19 heteroatoms. The molecule has 61 heavy (non-hydrogen) atoms. The third kappa shape index (κ3) is 15.5. The number of hydrogen-bond acceptors (Lipinski definition) is 13. The second-order valence-corrected chi connectivity index (χ2v) is 16.6. The van der Waals surface area contributed by atoms with Gasteiger partial charge in [0.2, 0.25) is 17.7 Å². The van der Waals surface area contributed by atoms with Gasteiger partial charge < -0.3 is 41.7 Å². The molecule has 0 aromatic carbocycles. The number of carbonyl (C=O) groups excluding carboxylic acids is 9. The molecular weight excluding hydrogens is 794 g/mol. The van der Waals surface area contributed by atoms with E-state index in [0.29, 0.717) is 45.2 Å². The van der Waals surface area contributed by atoms with E-state index >= 15 is 0 Å². The number of carboxylic acids is 1. The van der Waals surface area contributed by atoms with Gasteiger partial charge in [-0.1, -0.05) is 0 Å². The number of β-amino-alcohol motifs (C(OH)–C–C–N with tert-alkyl or cyclic N) is 1. The number of carbonyl (C=O) groups is 10. The van der Waals surface area contributed by atoms with Crippen LogP contribution in [0, 0.1) is 11.8 Å². The van der Waals surface area contributed by atoms with E-state index in [1.807, 2.05) is 0 Å². The predicted molar refractivity (Wildman–Crippen MR) is 221 cm³/mol. The Bertz CT molecular complexity index is 1680. The number of amides is 3. The minimum absolute atomic E-state index is 0.0190. The zero-order chi connectivity index (χ0) is 45.4. The van der Waals surface area contributed by atoms with Crippen molar-refractivity contribution in [3.63, 3.8) is 0 Å². The van der Waals surface area contributed by atoms with E-state index in [9.17, 15) is 58.2 Å². The number of aliphatic carboxylic acids is 1. The lowest BCUT2D eigenvalue weighted by Gasteiger charge is -2.28. The highest BCUT2D eigenvalue weighted by molar-refractivity contribution is 5.97. The number of Topliss-reactive ketones (excluding diaryl/α,β-unsaturated/α-hetero) is 6. The van der Waals surface area contributed by atoms with E-state index in [4.69, 9.17) is 11.5 Å². The molecule has 3 saturated heterocycles. The van der Waals surface area contributed by atoms with E-state index in [-0.39, 0.29) is 112 Å². The minimum Gasteiger partial charge on any atom is -0.481 e. The smallest absolute Gasteiger partial charge is 0.303 e. The summed E-state index contributed by atoms with van der Waals surface area (Å²) in [6.45, 7) is 3.80. The summed E-state index contributed by atoms with van der Waals surface area (Å²) in [5.74, 6) is -6.74. The number of hydrogen-bond donors (Lipinski definition) is 5. The summed E-state index contributed by atoms with van der Waals surface area (Å²) >= 11 is 0. The molecule has 0 aromatic rings. The van der Waals surface area contributed by atoms with Crippen molar-refractivity contribution in [2.45, 2.75) is 153 Å². The lowest BCUT2D eigenvalue weighted by atomic mass is 9.87. The predicted octanol–water partition coefficient (Wildman–Crippen LogP) is 0.244. The fourth-order valence-electron chi connectivity index (χ4n) is 8.53. The lowest BCUT2D eigenvalue weighted by Crippen LogP contribution is -2.45. The fourth-order valence-corrected chi connectivity index (χ4v) is 8.53. The van der Waals surface area contributed by atoms with Gasteiger partial charge in [0.05, 0.1) is 30.3 Å². The van der Waals surface area contributed by atoms with Crippen molar-refractivity contribution >= 4 is 64.3 Å². The number of nitrogens with zero attached hydrogens (tertiary/aromatic N) is 4. The summed E-state index contributed by atoms with van der Waals surface area (Å²) in [5.41, 5.74) is 10.9. The quantitative estimate of drug-likeness (QED) is 0.0420. The topological polar surface area (TPSA) is 297 Å². The Morgan fingerprint density at radius 3 is 1.93 bits per heavy atom. The van der Waals surface area contributed by atoms with Crippen LogP contribution in [0.25, 0.3) is 0 Å². The highest BCUT2D eigenvalue weighted by Crippen LogP contribution is 2.29. The molecule has 3 fully saturated rings. The number of ketones is 6. The molecule has 0 saturated carbocycles. The van der Waals surface area contributed by atoms with E-state index in [0.717, 1.165) is 4.90 Å². The molecular formula is C42H65N7O12. The Labute approximate surface area is 356 Å². The molecule has 3 aliphatic heterocycles. The molecule has 7 N–H and O–H groups in total. The molecule has 3 aliphatic rings. The molecule has 0 radical (unpaired) electrons. The maximum atomic E-state index is 13.9. The summed E-state index contributed by atoms with van der Waals surface area (Å²) in [6.07, 6.45) is -0.839. The molecule has 7 atom stereocenters. The first-order valence-electron chi connectivity index (χ1n) is 21.5. The number of aliphatic imine (C=N–C) groups is 1. The summed E-state index contributed by atoms with van der Waals surface area (Å²) in [7, 11) is 1.64. The SMILES string of the molecule is CNC(C)C(=O)CCC(=O)N1CCCC1C(=O)CC(CCCN=C(N)N)C(=O)CCC(=O)CC(CCC(=O)O)C(=O)N1CC(O)CC1C(=O)CCC(=O)N1CCCC1C(C)=O. The first kappa shape index (κ1) is 50.4. The Morgan fingerprint density at radius 2 is 1.33 bits per heavy atom.